The van der Waals surface area contributed by atoms with E-state index in [0.717, 1.165) is 17.5 Å². The molecule has 1 N–H and O–H groups in total. The third-order valence-corrected chi connectivity index (χ3v) is 2.75. The zero-order chi connectivity index (χ0) is 11.4. The molecule has 86 valence electrons. The Morgan fingerprint density at radius 2 is 2.44 bits per heavy atom. The standard InChI is InChI=1S/C12H15NO3/c14-7-10-2-1-3-11(6-10)13-4-5-16-9-12(13)8-15/h1-3,6,8,12,14H,4-5,7,9H2. The van der Waals surface area contributed by atoms with Gasteiger partial charge in [0.25, 0.3) is 0 Å². The maximum atomic E-state index is 10.9. The molecule has 1 heterocycles. The molecule has 0 spiro atoms. The fourth-order valence-corrected chi connectivity index (χ4v) is 1.89. The molecular weight excluding hydrogens is 206 g/mol. The Hall–Kier alpha value is -1.39. The molecule has 1 atom stereocenters. The number of aliphatic hydroxyl groups is 1. The summed E-state index contributed by atoms with van der Waals surface area (Å²) < 4.78 is 5.26. The van der Waals surface area contributed by atoms with Crippen molar-refractivity contribution in [2.75, 3.05) is 24.7 Å². The second kappa shape index (κ2) is 5.09. The molecule has 1 unspecified atom stereocenters. The van der Waals surface area contributed by atoms with E-state index in [9.17, 15) is 4.79 Å². The first-order valence-corrected chi connectivity index (χ1v) is 5.34. The molecule has 1 aromatic rings. The van der Waals surface area contributed by atoms with Gasteiger partial charge in [0.15, 0.2) is 0 Å². The molecule has 0 radical (unpaired) electrons. The van der Waals surface area contributed by atoms with Gasteiger partial charge in [-0.25, -0.2) is 0 Å². The number of ether oxygens (including phenoxy) is 1. The number of anilines is 1. The van der Waals surface area contributed by atoms with Crippen LogP contribution >= 0.6 is 0 Å². The minimum atomic E-state index is -0.220. The number of benzene rings is 1. The van der Waals surface area contributed by atoms with Crippen molar-refractivity contribution >= 4 is 12.0 Å². The summed E-state index contributed by atoms with van der Waals surface area (Å²) >= 11 is 0. The Morgan fingerprint density at radius 1 is 1.56 bits per heavy atom. The quantitative estimate of drug-likeness (QED) is 0.759. The number of morpholine rings is 1. The van der Waals surface area contributed by atoms with E-state index in [2.05, 4.69) is 0 Å². The first-order chi connectivity index (χ1) is 7.85. The van der Waals surface area contributed by atoms with E-state index in [1.807, 2.05) is 29.2 Å². The van der Waals surface area contributed by atoms with Gasteiger partial charge in [-0.1, -0.05) is 12.1 Å². The molecular formula is C12H15NO3. The first-order valence-electron chi connectivity index (χ1n) is 5.34. The maximum Gasteiger partial charge on any atom is 0.144 e. The number of aliphatic hydroxyl groups excluding tert-OH is 1. The van der Waals surface area contributed by atoms with Gasteiger partial charge in [0, 0.05) is 12.2 Å². The highest BCUT2D eigenvalue weighted by Gasteiger charge is 2.22. The Kier molecular flexibility index (Phi) is 3.54. The summed E-state index contributed by atoms with van der Waals surface area (Å²) in [7, 11) is 0. The lowest BCUT2D eigenvalue weighted by Gasteiger charge is -2.34. The van der Waals surface area contributed by atoms with Gasteiger partial charge < -0.3 is 19.5 Å². The lowest BCUT2D eigenvalue weighted by Crippen LogP contribution is -2.46. The van der Waals surface area contributed by atoms with Crippen molar-refractivity contribution in [1.82, 2.24) is 0 Å². The van der Waals surface area contributed by atoms with Crippen LogP contribution < -0.4 is 4.90 Å². The van der Waals surface area contributed by atoms with Crippen LogP contribution in [0.2, 0.25) is 0 Å². The van der Waals surface area contributed by atoms with E-state index in [0.29, 0.717) is 19.8 Å². The highest BCUT2D eigenvalue weighted by Crippen LogP contribution is 2.20. The van der Waals surface area contributed by atoms with Crippen molar-refractivity contribution in [3.63, 3.8) is 0 Å². The Labute approximate surface area is 94.4 Å². The monoisotopic (exact) mass is 221 g/mol. The second-order valence-corrected chi connectivity index (χ2v) is 3.80. The molecule has 0 aromatic heterocycles. The summed E-state index contributed by atoms with van der Waals surface area (Å²) in [5.74, 6) is 0. The van der Waals surface area contributed by atoms with E-state index >= 15 is 0 Å². The highest BCUT2D eigenvalue weighted by atomic mass is 16.5. The van der Waals surface area contributed by atoms with Gasteiger partial charge in [0.2, 0.25) is 0 Å². The van der Waals surface area contributed by atoms with E-state index < -0.39 is 0 Å². The molecule has 0 amide bonds. The number of hydrogen-bond acceptors (Lipinski definition) is 4. The molecule has 0 saturated carbocycles. The van der Waals surface area contributed by atoms with Crippen molar-refractivity contribution < 1.29 is 14.6 Å². The molecule has 16 heavy (non-hydrogen) atoms. The van der Waals surface area contributed by atoms with Crippen LogP contribution in [0.5, 0.6) is 0 Å². The summed E-state index contributed by atoms with van der Waals surface area (Å²) in [6.07, 6.45) is 0.908. The Bertz CT molecular complexity index is 367. The Balaban J connectivity index is 2.23. The molecule has 1 aliphatic rings. The van der Waals surface area contributed by atoms with Crippen LogP contribution in [0.25, 0.3) is 0 Å². The van der Waals surface area contributed by atoms with Gasteiger partial charge in [0.1, 0.15) is 12.3 Å². The van der Waals surface area contributed by atoms with Crippen LogP contribution in [0.4, 0.5) is 5.69 Å². The second-order valence-electron chi connectivity index (χ2n) is 3.80. The van der Waals surface area contributed by atoms with Gasteiger partial charge in [0.05, 0.1) is 19.8 Å². The summed E-state index contributed by atoms with van der Waals surface area (Å²) in [5, 5.41) is 9.07. The smallest absolute Gasteiger partial charge is 0.144 e. The number of rotatable bonds is 3. The van der Waals surface area contributed by atoms with Crippen molar-refractivity contribution in [3.8, 4) is 0 Å². The van der Waals surface area contributed by atoms with Crippen LogP contribution in [0.1, 0.15) is 5.56 Å². The normalized spacial score (nSPS) is 20.8. The van der Waals surface area contributed by atoms with Crippen LogP contribution in [0.15, 0.2) is 24.3 Å². The van der Waals surface area contributed by atoms with Crippen LogP contribution in [0, 0.1) is 0 Å². The van der Waals surface area contributed by atoms with Crippen molar-refractivity contribution in [3.05, 3.63) is 29.8 Å². The van der Waals surface area contributed by atoms with Crippen LogP contribution in [0.3, 0.4) is 0 Å². The van der Waals surface area contributed by atoms with Crippen molar-refractivity contribution in [1.29, 1.82) is 0 Å². The van der Waals surface area contributed by atoms with E-state index in [1.165, 1.54) is 0 Å². The minimum absolute atomic E-state index is 0.0178. The first kappa shape index (κ1) is 11.1. The summed E-state index contributed by atoms with van der Waals surface area (Å²) in [6.45, 7) is 1.79. The van der Waals surface area contributed by atoms with Crippen LogP contribution in [-0.4, -0.2) is 37.2 Å². The zero-order valence-corrected chi connectivity index (χ0v) is 9.00. The third kappa shape index (κ3) is 2.23. The number of hydrogen-bond donors (Lipinski definition) is 1. The van der Waals surface area contributed by atoms with E-state index in [-0.39, 0.29) is 12.6 Å². The third-order valence-electron chi connectivity index (χ3n) is 2.75. The van der Waals surface area contributed by atoms with Gasteiger partial charge in [-0.2, -0.15) is 0 Å². The molecule has 4 heteroatoms. The molecule has 1 saturated heterocycles. The SMILES string of the molecule is O=CC1COCCN1c1cccc(CO)c1. The Morgan fingerprint density at radius 3 is 3.19 bits per heavy atom. The maximum absolute atomic E-state index is 10.9. The lowest BCUT2D eigenvalue weighted by atomic mass is 10.1. The summed E-state index contributed by atoms with van der Waals surface area (Å²) in [6, 6.07) is 7.38. The average Bonchev–Trinajstić information content (AvgIpc) is 2.38. The van der Waals surface area contributed by atoms with Crippen LogP contribution in [-0.2, 0) is 16.1 Å². The predicted octanol–water partition coefficient (Wildman–Crippen LogP) is 0.583. The molecule has 0 aliphatic carbocycles. The molecule has 0 bridgehead atoms. The lowest BCUT2D eigenvalue weighted by molar-refractivity contribution is -0.111. The predicted molar refractivity (Wildman–Crippen MR) is 60.4 cm³/mol. The summed E-state index contributed by atoms with van der Waals surface area (Å²) in [5.41, 5.74) is 1.82. The number of nitrogens with zero attached hydrogens (tertiary/aromatic N) is 1. The topological polar surface area (TPSA) is 49.8 Å². The largest absolute Gasteiger partial charge is 0.392 e. The van der Waals surface area contributed by atoms with Crippen molar-refractivity contribution in [2.24, 2.45) is 0 Å². The van der Waals surface area contributed by atoms with Gasteiger partial charge in [-0.3, -0.25) is 0 Å². The molecule has 4 nitrogen and oxygen atoms in total. The highest BCUT2D eigenvalue weighted by molar-refractivity contribution is 5.67. The molecule has 1 fully saturated rings. The number of aldehydes is 1. The van der Waals surface area contributed by atoms with E-state index in [1.54, 1.807) is 0 Å². The molecule has 1 aliphatic heterocycles. The zero-order valence-electron chi connectivity index (χ0n) is 9.00. The fourth-order valence-electron chi connectivity index (χ4n) is 1.89. The fraction of sp³-hybridized carbons (Fsp3) is 0.417. The average molecular weight is 221 g/mol. The van der Waals surface area contributed by atoms with Gasteiger partial charge in [-0.05, 0) is 17.7 Å². The molecule has 1 aromatic carbocycles. The van der Waals surface area contributed by atoms with E-state index in [4.69, 9.17) is 9.84 Å². The van der Waals surface area contributed by atoms with Crippen molar-refractivity contribution in [2.45, 2.75) is 12.6 Å². The summed E-state index contributed by atoms with van der Waals surface area (Å²) in [4.78, 5) is 12.9. The van der Waals surface area contributed by atoms with Gasteiger partial charge >= 0.3 is 0 Å². The van der Waals surface area contributed by atoms with Gasteiger partial charge in [-0.15, -0.1) is 0 Å². The minimum Gasteiger partial charge on any atom is -0.392 e. The number of carbonyl (C=O) groups is 1. The molecule has 2 rings (SSSR count). The number of carbonyl (C=O) groups excluding carboxylic acids is 1.